The highest BCUT2D eigenvalue weighted by atomic mass is 19.1. The summed E-state index contributed by atoms with van der Waals surface area (Å²) in [6.07, 6.45) is 3.07. The molecule has 18 heavy (non-hydrogen) atoms. The van der Waals surface area contributed by atoms with Crippen molar-refractivity contribution in [2.24, 2.45) is 0 Å². The Balaban J connectivity index is 2.40. The number of rotatable bonds is 1. The Kier molecular flexibility index (Phi) is 2.36. The zero-order valence-corrected chi connectivity index (χ0v) is 10.1. The summed E-state index contributed by atoms with van der Waals surface area (Å²) in [5, 5.41) is 0.201. The van der Waals surface area contributed by atoms with Gasteiger partial charge in [0.15, 0.2) is 0 Å². The third-order valence-electron chi connectivity index (χ3n) is 3.66. The molecular formula is C13H14FN3O. The number of anilines is 1. The van der Waals surface area contributed by atoms with Gasteiger partial charge < -0.3 is 5.73 Å². The van der Waals surface area contributed by atoms with Crippen molar-refractivity contribution in [2.45, 2.75) is 32.2 Å². The van der Waals surface area contributed by atoms with E-state index in [0.717, 1.165) is 19.3 Å². The Bertz CT molecular complexity index is 689. The van der Waals surface area contributed by atoms with Crippen LogP contribution in [0.4, 0.5) is 10.1 Å². The molecule has 1 aliphatic rings. The van der Waals surface area contributed by atoms with Crippen LogP contribution in [0.2, 0.25) is 0 Å². The van der Waals surface area contributed by atoms with Gasteiger partial charge in [0, 0.05) is 11.7 Å². The number of aryl methyl sites for hydroxylation is 1. The molecular weight excluding hydrogens is 233 g/mol. The normalized spacial score (nSPS) is 15.9. The molecule has 2 N–H and O–H groups in total. The van der Waals surface area contributed by atoms with Crippen LogP contribution in [0.5, 0.6) is 0 Å². The van der Waals surface area contributed by atoms with Crippen LogP contribution in [-0.4, -0.2) is 9.55 Å². The maximum absolute atomic E-state index is 13.7. The SMILES string of the molecule is Cc1nc2c(F)ccc(N)c2c(=O)n1C1CCC1. The average molecular weight is 247 g/mol. The second kappa shape index (κ2) is 3.80. The molecule has 0 aliphatic heterocycles. The third-order valence-corrected chi connectivity index (χ3v) is 3.66. The highest BCUT2D eigenvalue weighted by Crippen LogP contribution is 2.32. The predicted octanol–water partition coefficient (Wildman–Crippen LogP) is 2.15. The monoisotopic (exact) mass is 247 g/mol. The number of nitrogens with two attached hydrogens (primary N) is 1. The third kappa shape index (κ3) is 1.43. The molecule has 0 radical (unpaired) electrons. The van der Waals surface area contributed by atoms with Crippen molar-refractivity contribution in [3.63, 3.8) is 0 Å². The van der Waals surface area contributed by atoms with Crippen molar-refractivity contribution in [2.75, 3.05) is 5.73 Å². The fourth-order valence-electron chi connectivity index (χ4n) is 2.47. The van der Waals surface area contributed by atoms with Crippen LogP contribution in [0.25, 0.3) is 10.9 Å². The number of nitrogens with zero attached hydrogens (tertiary/aromatic N) is 2. The molecule has 2 aromatic rings. The van der Waals surface area contributed by atoms with Crippen LogP contribution in [0.1, 0.15) is 31.1 Å². The second-order valence-electron chi connectivity index (χ2n) is 4.78. The van der Waals surface area contributed by atoms with Gasteiger partial charge in [-0.05, 0) is 38.3 Å². The largest absolute Gasteiger partial charge is 0.398 e. The van der Waals surface area contributed by atoms with E-state index in [-0.39, 0.29) is 28.2 Å². The van der Waals surface area contributed by atoms with Gasteiger partial charge in [-0.15, -0.1) is 0 Å². The topological polar surface area (TPSA) is 60.9 Å². The quantitative estimate of drug-likeness (QED) is 0.785. The van der Waals surface area contributed by atoms with E-state index in [2.05, 4.69) is 4.98 Å². The van der Waals surface area contributed by atoms with E-state index in [9.17, 15) is 9.18 Å². The Morgan fingerprint density at radius 1 is 1.44 bits per heavy atom. The summed E-state index contributed by atoms with van der Waals surface area (Å²) in [7, 11) is 0. The molecule has 1 saturated carbocycles. The first-order valence-electron chi connectivity index (χ1n) is 6.06. The predicted molar refractivity (Wildman–Crippen MR) is 68.0 cm³/mol. The summed E-state index contributed by atoms with van der Waals surface area (Å²) in [6.45, 7) is 1.74. The Hall–Kier alpha value is -1.91. The van der Waals surface area contributed by atoms with Gasteiger partial charge in [-0.25, -0.2) is 9.37 Å². The first-order valence-corrected chi connectivity index (χ1v) is 6.06. The summed E-state index contributed by atoms with van der Waals surface area (Å²) >= 11 is 0. The lowest BCUT2D eigenvalue weighted by Crippen LogP contribution is -2.32. The number of hydrogen-bond donors (Lipinski definition) is 1. The molecule has 0 atom stereocenters. The molecule has 3 rings (SSSR count). The van der Waals surface area contributed by atoms with Crippen LogP contribution in [0.3, 0.4) is 0 Å². The Labute approximate surface area is 103 Å². The van der Waals surface area contributed by atoms with E-state index in [1.807, 2.05) is 0 Å². The maximum Gasteiger partial charge on any atom is 0.263 e. The highest BCUT2D eigenvalue weighted by molar-refractivity contribution is 5.89. The minimum Gasteiger partial charge on any atom is -0.398 e. The number of nitrogen functional groups attached to an aromatic ring is 1. The average Bonchev–Trinajstić information content (AvgIpc) is 2.26. The summed E-state index contributed by atoms with van der Waals surface area (Å²) < 4.78 is 15.3. The van der Waals surface area contributed by atoms with E-state index >= 15 is 0 Å². The molecule has 1 heterocycles. The number of hydrogen-bond acceptors (Lipinski definition) is 3. The zero-order valence-electron chi connectivity index (χ0n) is 10.1. The Morgan fingerprint density at radius 2 is 2.17 bits per heavy atom. The van der Waals surface area contributed by atoms with Gasteiger partial charge in [0.05, 0.1) is 5.39 Å². The summed E-state index contributed by atoms with van der Waals surface area (Å²) in [5.74, 6) is 0.0573. The van der Waals surface area contributed by atoms with Crippen LogP contribution in [0.15, 0.2) is 16.9 Å². The molecule has 0 amide bonds. The first-order chi connectivity index (χ1) is 8.59. The maximum atomic E-state index is 13.7. The summed E-state index contributed by atoms with van der Waals surface area (Å²) in [6, 6.07) is 2.86. The van der Waals surface area contributed by atoms with Crippen LogP contribution in [0, 0.1) is 12.7 Å². The van der Waals surface area contributed by atoms with Crippen molar-refractivity contribution >= 4 is 16.6 Å². The molecule has 94 valence electrons. The van der Waals surface area contributed by atoms with E-state index in [1.165, 1.54) is 12.1 Å². The minimum absolute atomic E-state index is 0.0769. The molecule has 0 spiro atoms. The fourth-order valence-corrected chi connectivity index (χ4v) is 2.47. The van der Waals surface area contributed by atoms with E-state index in [0.29, 0.717) is 5.82 Å². The van der Waals surface area contributed by atoms with Gasteiger partial charge in [-0.3, -0.25) is 9.36 Å². The molecule has 0 unspecified atom stereocenters. The zero-order chi connectivity index (χ0) is 12.9. The smallest absolute Gasteiger partial charge is 0.263 e. The number of halogens is 1. The lowest BCUT2D eigenvalue weighted by Gasteiger charge is -2.29. The molecule has 1 fully saturated rings. The van der Waals surface area contributed by atoms with Crippen LogP contribution in [-0.2, 0) is 0 Å². The molecule has 0 saturated heterocycles. The van der Waals surface area contributed by atoms with Crippen LogP contribution >= 0.6 is 0 Å². The van der Waals surface area contributed by atoms with Crippen molar-refractivity contribution < 1.29 is 4.39 Å². The first kappa shape index (κ1) is 11.2. The van der Waals surface area contributed by atoms with Crippen LogP contribution < -0.4 is 11.3 Å². The number of benzene rings is 1. The number of fused-ring (bicyclic) bond motifs is 1. The standard InChI is InChI=1S/C13H14FN3O/c1-7-16-12-9(14)5-6-10(15)11(12)13(18)17(7)8-3-2-4-8/h5-6,8H,2-4,15H2,1H3. The summed E-state index contributed by atoms with van der Waals surface area (Å²) in [5.41, 5.74) is 5.93. The van der Waals surface area contributed by atoms with E-state index in [4.69, 9.17) is 5.73 Å². The van der Waals surface area contributed by atoms with Crippen molar-refractivity contribution in [3.8, 4) is 0 Å². The minimum atomic E-state index is -0.500. The lowest BCUT2D eigenvalue weighted by atomic mass is 9.92. The van der Waals surface area contributed by atoms with E-state index < -0.39 is 5.82 Å². The van der Waals surface area contributed by atoms with Gasteiger partial charge in [0.25, 0.3) is 5.56 Å². The fraction of sp³-hybridized carbons (Fsp3) is 0.385. The molecule has 0 bridgehead atoms. The molecule has 5 heteroatoms. The Morgan fingerprint density at radius 3 is 2.78 bits per heavy atom. The molecule has 1 aromatic carbocycles. The lowest BCUT2D eigenvalue weighted by molar-refractivity contribution is 0.300. The van der Waals surface area contributed by atoms with Crippen molar-refractivity contribution in [1.82, 2.24) is 9.55 Å². The van der Waals surface area contributed by atoms with Crippen molar-refractivity contribution in [1.29, 1.82) is 0 Å². The molecule has 1 aromatic heterocycles. The summed E-state index contributed by atoms with van der Waals surface area (Å²) in [4.78, 5) is 16.6. The van der Waals surface area contributed by atoms with E-state index in [1.54, 1.807) is 11.5 Å². The molecule has 1 aliphatic carbocycles. The van der Waals surface area contributed by atoms with Gasteiger partial charge in [-0.1, -0.05) is 0 Å². The highest BCUT2D eigenvalue weighted by Gasteiger charge is 2.24. The molecule has 4 nitrogen and oxygen atoms in total. The number of aromatic nitrogens is 2. The van der Waals surface area contributed by atoms with Gasteiger partial charge in [0.1, 0.15) is 17.2 Å². The van der Waals surface area contributed by atoms with Gasteiger partial charge >= 0.3 is 0 Å². The van der Waals surface area contributed by atoms with Gasteiger partial charge in [0.2, 0.25) is 0 Å². The van der Waals surface area contributed by atoms with Gasteiger partial charge in [-0.2, -0.15) is 0 Å². The van der Waals surface area contributed by atoms with Crippen molar-refractivity contribution in [3.05, 3.63) is 34.1 Å². The second-order valence-corrected chi connectivity index (χ2v) is 4.78.